The molecule has 0 fully saturated rings. The van der Waals surface area contributed by atoms with Gasteiger partial charge in [0.15, 0.2) is 5.58 Å². The third-order valence-corrected chi connectivity index (χ3v) is 2.75. The van der Waals surface area contributed by atoms with Crippen molar-refractivity contribution in [3.8, 4) is 0 Å². The van der Waals surface area contributed by atoms with Gasteiger partial charge in [0.25, 0.3) is 5.91 Å². The van der Waals surface area contributed by atoms with Crippen LogP contribution in [0.5, 0.6) is 0 Å². The first-order valence-corrected chi connectivity index (χ1v) is 5.31. The summed E-state index contributed by atoms with van der Waals surface area (Å²) >= 11 is 0. The Morgan fingerprint density at radius 3 is 2.89 bits per heavy atom. The van der Waals surface area contributed by atoms with E-state index in [9.17, 15) is 14.4 Å². The minimum atomic E-state index is -0.593. The number of benzene rings is 1. The standard InChI is InChI=1S/C12H12N2O4/c1-13(11(16)7-15)6-8-3-4-9-10(5-8)18-12(17)14(9)2/h3-5,7H,6H2,1-2H3. The average molecular weight is 248 g/mol. The SMILES string of the molecule is CN(Cc1ccc2c(c1)oc(=O)n2C)C(=O)C=O. The van der Waals surface area contributed by atoms with Gasteiger partial charge in [-0.15, -0.1) is 0 Å². The molecule has 0 saturated carbocycles. The van der Waals surface area contributed by atoms with E-state index in [-0.39, 0.29) is 12.8 Å². The summed E-state index contributed by atoms with van der Waals surface area (Å²) in [6.45, 7) is 0.284. The predicted molar refractivity (Wildman–Crippen MR) is 64.0 cm³/mol. The minimum Gasteiger partial charge on any atom is -0.408 e. The molecule has 0 aliphatic heterocycles. The maximum atomic E-state index is 11.3. The number of aromatic nitrogens is 1. The number of amides is 1. The number of oxazole rings is 1. The summed E-state index contributed by atoms with van der Waals surface area (Å²) in [6.07, 6.45) is 0.265. The van der Waals surface area contributed by atoms with E-state index in [4.69, 9.17) is 4.42 Å². The molecule has 0 bridgehead atoms. The Morgan fingerprint density at radius 1 is 1.50 bits per heavy atom. The highest BCUT2D eigenvalue weighted by molar-refractivity contribution is 6.23. The molecule has 94 valence electrons. The van der Waals surface area contributed by atoms with E-state index in [1.165, 1.54) is 16.5 Å². The summed E-state index contributed by atoms with van der Waals surface area (Å²) < 4.78 is 6.44. The molecular formula is C12H12N2O4. The number of hydrogen-bond donors (Lipinski definition) is 0. The maximum Gasteiger partial charge on any atom is 0.419 e. The largest absolute Gasteiger partial charge is 0.419 e. The summed E-state index contributed by atoms with van der Waals surface area (Å²) in [5.41, 5.74) is 1.94. The van der Waals surface area contributed by atoms with Gasteiger partial charge in [-0.25, -0.2) is 4.79 Å². The number of hydrogen-bond acceptors (Lipinski definition) is 4. The highest BCUT2D eigenvalue weighted by atomic mass is 16.4. The lowest BCUT2D eigenvalue weighted by molar-refractivity contribution is -0.138. The molecule has 18 heavy (non-hydrogen) atoms. The zero-order valence-electron chi connectivity index (χ0n) is 10.0. The van der Waals surface area contributed by atoms with Crippen molar-refractivity contribution in [3.05, 3.63) is 34.3 Å². The number of rotatable bonds is 3. The van der Waals surface area contributed by atoms with Crippen LogP contribution in [-0.2, 0) is 23.2 Å². The fourth-order valence-corrected chi connectivity index (χ4v) is 1.72. The molecule has 2 rings (SSSR count). The molecule has 0 radical (unpaired) electrons. The summed E-state index contributed by atoms with van der Waals surface area (Å²) in [5.74, 6) is -1.02. The second-order valence-electron chi connectivity index (χ2n) is 4.04. The maximum absolute atomic E-state index is 11.3. The first-order valence-electron chi connectivity index (χ1n) is 5.31. The fraction of sp³-hybridized carbons (Fsp3) is 0.250. The Hall–Kier alpha value is -2.37. The van der Waals surface area contributed by atoms with E-state index in [1.54, 1.807) is 25.2 Å². The highest BCUT2D eigenvalue weighted by Crippen LogP contribution is 2.15. The van der Waals surface area contributed by atoms with Gasteiger partial charge in [0.05, 0.1) is 5.52 Å². The molecule has 0 aliphatic rings. The average Bonchev–Trinajstić information content (AvgIpc) is 2.63. The van der Waals surface area contributed by atoms with Crippen LogP contribution in [0.1, 0.15) is 5.56 Å². The molecule has 1 amide bonds. The number of carbonyl (C=O) groups is 2. The van der Waals surface area contributed by atoms with Gasteiger partial charge in [-0.2, -0.15) is 0 Å². The van der Waals surface area contributed by atoms with E-state index in [1.807, 2.05) is 0 Å². The lowest BCUT2D eigenvalue weighted by atomic mass is 10.2. The second-order valence-corrected chi connectivity index (χ2v) is 4.04. The number of nitrogens with zero attached hydrogens (tertiary/aromatic N) is 2. The van der Waals surface area contributed by atoms with Crippen LogP contribution < -0.4 is 5.76 Å². The third kappa shape index (κ3) is 2.04. The van der Waals surface area contributed by atoms with Gasteiger partial charge < -0.3 is 9.32 Å². The molecule has 1 aromatic carbocycles. The molecule has 6 heteroatoms. The quantitative estimate of drug-likeness (QED) is 0.578. The normalized spacial score (nSPS) is 10.6. The van der Waals surface area contributed by atoms with Crippen molar-refractivity contribution in [3.63, 3.8) is 0 Å². The third-order valence-electron chi connectivity index (χ3n) is 2.75. The smallest absolute Gasteiger partial charge is 0.408 e. The number of likely N-dealkylation sites (N-methyl/N-ethyl adjacent to an activating group) is 1. The van der Waals surface area contributed by atoms with Crippen LogP contribution in [0.15, 0.2) is 27.4 Å². The predicted octanol–water partition coefficient (Wildman–Crippen LogP) is 0.289. The van der Waals surface area contributed by atoms with Crippen molar-refractivity contribution >= 4 is 23.3 Å². The lowest BCUT2D eigenvalue weighted by Gasteiger charge is -2.13. The Balaban J connectivity index is 2.33. The highest BCUT2D eigenvalue weighted by Gasteiger charge is 2.10. The Kier molecular flexibility index (Phi) is 3.01. The monoisotopic (exact) mass is 248 g/mol. The topological polar surface area (TPSA) is 72.5 Å². The zero-order chi connectivity index (χ0) is 13.3. The van der Waals surface area contributed by atoms with Crippen LogP contribution >= 0.6 is 0 Å². The van der Waals surface area contributed by atoms with Crippen LogP contribution in [0.2, 0.25) is 0 Å². The number of fused-ring (bicyclic) bond motifs is 1. The molecular weight excluding hydrogens is 236 g/mol. The molecule has 0 aliphatic carbocycles. The zero-order valence-corrected chi connectivity index (χ0v) is 10.0. The molecule has 2 aromatic rings. The number of carbonyl (C=O) groups excluding carboxylic acids is 2. The summed E-state index contributed by atoms with van der Waals surface area (Å²) in [7, 11) is 3.15. The Labute approximate surface area is 102 Å². The van der Waals surface area contributed by atoms with Gasteiger partial charge in [-0.1, -0.05) is 6.07 Å². The van der Waals surface area contributed by atoms with Crippen molar-refractivity contribution in [2.45, 2.75) is 6.54 Å². The van der Waals surface area contributed by atoms with Gasteiger partial charge >= 0.3 is 5.76 Å². The molecule has 1 heterocycles. The van der Waals surface area contributed by atoms with Crippen LogP contribution in [0.3, 0.4) is 0 Å². The lowest BCUT2D eigenvalue weighted by Crippen LogP contribution is -2.26. The first kappa shape index (κ1) is 12.1. The molecule has 0 atom stereocenters. The van der Waals surface area contributed by atoms with Crippen LogP contribution in [0.25, 0.3) is 11.1 Å². The van der Waals surface area contributed by atoms with Crippen molar-refractivity contribution in [1.29, 1.82) is 0 Å². The van der Waals surface area contributed by atoms with Gasteiger partial charge in [0.1, 0.15) is 0 Å². The molecule has 6 nitrogen and oxygen atoms in total. The van der Waals surface area contributed by atoms with Crippen molar-refractivity contribution < 1.29 is 14.0 Å². The fourth-order valence-electron chi connectivity index (χ4n) is 1.72. The molecule has 0 spiro atoms. The number of aldehydes is 1. The molecule has 0 unspecified atom stereocenters. The van der Waals surface area contributed by atoms with Crippen molar-refractivity contribution in [1.82, 2.24) is 9.47 Å². The van der Waals surface area contributed by atoms with E-state index in [0.717, 1.165) is 5.56 Å². The number of aryl methyl sites for hydroxylation is 1. The summed E-state index contributed by atoms with van der Waals surface area (Å²) in [5, 5.41) is 0. The molecule has 0 N–H and O–H groups in total. The van der Waals surface area contributed by atoms with Crippen LogP contribution in [0.4, 0.5) is 0 Å². The first-order chi connectivity index (χ1) is 8.52. The molecule has 0 saturated heterocycles. The second kappa shape index (κ2) is 4.48. The van der Waals surface area contributed by atoms with Crippen molar-refractivity contribution in [2.75, 3.05) is 7.05 Å². The van der Waals surface area contributed by atoms with Crippen LogP contribution in [0, 0.1) is 0 Å². The molecule has 1 aromatic heterocycles. The Morgan fingerprint density at radius 2 is 2.22 bits per heavy atom. The summed E-state index contributed by atoms with van der Waals surface area (Å²) in [4.78, 5) is 34.1. The Bertz CT molecular complexity index is 668. The van der Waals surface area contributed by atoms with Crippen molar-refractivity contribution in [2.24, 2.45) is 7.05 Å². The van der Waals surface area contributed by atoms with Crippen LogP contribution in [-0.4, -0.2) is 28.7 Å². The van der Waals surface area contributed by atoms with E-state index < -0.39 is 11.7 Å². The van der Waals surface area contributed by atoms with E-state index in [2.05, 4.69) is 0 Å². The minimum absolute atomic E-state index is 0.265. The van der Waals surface area contributed by atoms with E-state index >= 15 is 0 Å². The van der Waals surface area contributed by atoms with Gasteiger partial charge in [0.2, 0.25) is 6.29 Å². The van der Waals surface area contributed by atoms with Gasteiger partial charge in [-0.05, 0) is 17.7 Å². The van der Waals surface area contributed by atoms with Gasteiger partial charge in [-0.3, -0.25) is 14.2 Å². The van der Waals surface area contributed by atoms with E-state index in [0.29, 0.717) is 11.1 Å². The van der Waals surface area contributed by atoms with Gasteiger partial charge in [0, 0.05) is 20.6 Å². The summed E-state index contributed by atoms with van der Waals surface area (Å²) in [6, 6.07) is 5.21.